The first-order valence-corrected chi connectivity index (χ1v) is 48.6. The zero-order chi connectivity index (χ0) is 94.0. The number of carbonyl (C=O) groups is 12. The quantitative estimate of drug-likeness (QED) is 0.0427. The van der Waals surface area contributed by atoms with Gasteiger partial charge in [0.25, 0.3) is 0 Å². The summed E-state index contributed by atoms with van der Waals surface area (Å²) in [7, 11) is 0. The molecule has 0 aliphatic heterocycles. The number of esters is 12. The van der Waals surface area contributed by atoms with Gasteiger partial charge in [0.1, 0.15) is 33.6 Å². The third-order valence-electron chi connectivity index (χ3n) is 31.1. The van der Waals surface area contributed by atoms with Gasteiger partial charge in [0.05, 0.1) is 32.5 Å². The lowest BCUT2D eigenvalue weighted by molar-refractivity contribution is -0.228. The summed E-state index contributed by atoms with van der Waals surface area (Å²) in [6.45, 7) is 46.3. The normalized spacial score (nSPS) is 25.7. The van der Waals surface area contributed by atoms with Crippen LogP contribution in [0.3, 0.4) is 0 Å². The highest BCUT2D eigenvalue weighted by Gasteiger charge is 2.62. The van der Waals surface area contributed by atoms with Crippen molar-refractivity contribution in [1.29, 1.82) is 0 Å². The Labute approximate surface area is 752 Å². The van der Waals surface area contributed by atoms with E-state index in [1.54, 1.807) is 13.8 Å². The third kappa shape index (κ3) is 31.2. The lowest BCUT2D eigenvalue weighted by Gasteiger charge is -2.61. The fourth-order valence-corrected chi connectivity index (χ4v) is 20.2. The van der Waals surface area contributed by atoms with Crippen molar-refractivity contribution in [2.75, 3.05) is 39.6 Å². The van der Waals surface area contributed by atoms with Crippen molar-refractivity contribution in [3.8, 4) is 0 Å². The number of hydrogen-bond donors (Lipinski definition) is 0. The molecular weight excluding hydrogens is 1600 g/mol. The molecule has 8 bridgehead atoms. The van der Waals surface area contributed by atoms with Gasteiger partial charge < -0.3 is 56.8 Å². The maximum Gasteiger partial charge on any atom is 0.344 e. The molecule has 0 radical (unpaired) electrons. The Morgan fingerprint density at radius 2 is 0.472 bits per heavy atom. The Morgan fingerprint density at radius 3 is 0.704 bits per heavy atom. The van der Waals surface area contributed by atoms with Crippen LogP contribution in [-0.4, -0.2) is 145 Å². The van der Waals surface area contributed by atoms with Crippen LogP contribution in [0.5, 0.6) is 0 Å². The topological polar surface area (TPSA) is 316 Å². The molecule has 0 heterocycles. The van der Waals surface area contributed by atoms with Gasteiger partial charge in [-0.2, -0.15) is 0 Å². The van der Waals surface area contributed by atoms with Gasteiger partial charge >= 0.3 is 71.6 Å². The molecule has 0 aromatic rings. The van der Waals surface area contributed by atoms with Crippen LogP contribution in [0.2, 0.25) is 0 Å². The molecule has 0 amide bonds. The summed E-state index contributed by atoms with van der Waals surface area (Å²) < 4.78 is 64.8. The maximum atomic E-state index is 12.6. The summed E-state index contributed by atoms with van der Waals surface area (Å²) >= 11 is 0. The summed E-state index contributed by atoms with van der Waals surface area (Å²) in [6.07, 6.45) is 37.4. The van der Waals surface area contributed by atoms with E-state index >= 15 is 0 Å². The molecule has 0 saturated heterocycles. The van der Waals surface area contributed by atoms with Crippen LogP contribution in [0.15, 0.2) is 0 Å². The van der Waals surface area contributed by atoms with Crippen molar-refractivity contribution in [2.24, 2.45) is 85.8 Å². The van der Waals surface area contributed by atoms with E-state index in [1.807, 2.05) is 138 Å². The zero-order valence-corrected chi connectivity index (χ0v) is 82.4. The minimum atomic E-state index is -0.557. The molecule has 0 N–H and O–H groups in total. The van der Waals surface area contributed by atoms with Crippen molar-refractivity contribution in [1.82, 2.24) is 0 Å². The largest absolute Gasteiger partial charge is 0.457 e. The van der Waals surface area contributed by atoms with Gasteiger partial charge in [-0.25, -0.2) is 28.8 Å². The monoisotopic (exact) mass is 1770 g/mol. The second kappa shape index (κ2) is 47.5. The van der Waals surface area contributed by atoms with Crippen molar-refractivity contribution in [3.05, 3.63) is 0 Å². The second-order valence-electron chi connectivity index (χ2n) is 43.2. The average Bonchev–Trinajstić information content (AvgIpc) is 1.06. The Bertz CT molecular complexity index is 3450. The summed E-state index contributed by atoms with van der Waals surface area (Å²) in [6, 6.07) is 0. The van der Waals surface area contributed by atoms with Crippen LogP contribution < -0.4 is 0 Å². The van der Waals surface area contributed by atoms with Crippen LogP contribution in [0, 0.1) is 85.8 Å². The van der Waals surface area contributed by atoms with Gasteiger partial charge in [0.2, 0.25) is 0 Å². The maximum absolute atomic E-state index is 12.6. The lowest BCUT2D eigenvalue weighted by atomic mass is 9.47. The minimum Gasteiger partial charge on any atom is -0.457 e. The zero-order valence-electron chi connectivity index (χ0n) is 82.4. The smallest absolute Gasteiger partial charge is 0.344 e. The SMILES string of the molecule is CCC(C)(C)C(=O)OCC(=O)OC1(C(C)C)C2CC3CC(C2)CC1C3.CCC(C)(C)C(=O)OCC(=O)OC1(C)CCCC1.CCC(C)(C)C(=O)OCC(=O)OC1(C)CCCCC1.CCC(C)(C)C(=O)OCC(=O)OC1(CC)C2CC3CC(C2)CC1C3.CCC1(OC(=O)COC(=O)C(C)(C)CC)CCCC1.CCC1(OC(=O)COC(=O)C(C)(C)CC)CCCCC1. The fraction of sp³-hybridized carbons (Fsp3) is 0.881. The molecule has 24 nitrogen and oxygen atoms in total. The van der Waals surface area contributed by atoms with Crippen molar-refractivity contribution in [3.63, 3.8) is 0 Å². The number of ether oxygens (including phenoxy) is 12. The van der Waals surface area contributed by atoms with E-state index < -0.39 is 56.4 Å². The van der Waals surface area contributed by atoms with E-state index in [9.17, 15) is 57.5 Å². The highest BCUT2D eigenvalue weighted by molar-refractivity contribution is 5.83. The average molecular weight is 1770 g/mol. The molecular formula is C101H170O24. The number of rotatable bonds is 34. The van der Waals surface area contributed by atoms with E-state index in [4.69, 9.17) is 56.8 Å². The molecule has 12 fully saturated rings. The van der Waals surface area contributed by atoms with Gasteiger partial charge in [-0.3, -0.25) is 28.8 Å². The Kier molecular flexibility index (Phi) is 41.4. The van der Waals surface area contributed by atoms with Gasteiger partial charge in [0.15, 0.2) is 39.6 Å². The molecule has 12 saturated carbocycles. The van der Waals surface area contributed by atoms with Crippen molar-refractivity contribution < 1.29 is 114 Å². The van der Waals surface area contributed by atoms with Crippen molar-refractivity contribution in [2.45, 2.75) is 444 Å². The second-order valence-corrected chi connectivity index (χ2v) is 43.2. The molecule has 12 aliphatic rings. The molecule has 0 aromatic heterocycles. The molecule has 718 valence electrons. The molecule has 125 heavy (non-hydrogen) atoms. The highest BCUT2D eigenvalue weighted by Crippen LogP contribution is 2.63. The van der Waals surface area contributed by atoms with E-state index in [-0.39, 0.29) is 121 Å². The first kappa shape index (κ1) is 109. The summed E-state index contributed by atoms with van der Waals surface area (Å²) in [5.41, 5.74) is -5.33. The standard InChI is InChI=1S/C21H34O4.C20H32O4.C16H28O4.2C15H26O4.C14H24O4/c1-6-20(4,5)19(23)24-12-18(22)25-21(13(2)3)16-8-14-7-15(10-16)11-17(21)9-14;1-5-19(3,4)18(22)23-12-17(21)24-20(6-2)15-8-13-7-14(10-15)11-16(20)9-13;1-5-15(3,4)14(18)19-12-13(17)20-16(6-2)10-8-7-9-11-16;1-5-14(2,3)13(17)18-11-12(16)19-15(4)9-7-6-8-10-15;1-5-14(3,4)13(17)18-11-12(16)19-15(6-2)9-7-8-10-15;1-5-13(2,3)12(16)17-10-11(15)18-14(4)8-6-7-9-14/h13-17H,6-12H2,1-5H3;13-16H,5-12H2,1-4H3;5-12H2,1-4H3;2*5-11H2,1-4H3;5-10H2,1-4H3. The molecule has 24 heteroatoms. The van der Waals surface area contributed by atoms with Gasteiger partial charge in [-0.15, -0.1) is 0 Å². The Morgan fingerprint density at radius 1 is 0.264 bits per heavy atom. The van der Waals surface area contributed by atoms with Crippen LogP contribution in [0.4, 0.5) is 0 Å². The van der Waals surface area contributed by atoms with Crippen LogP contribution in [-0.2, 0) is 114 Å². The van der Waals surface area contributed by atoms with Gasteiger partial charge in [-0.1, -0.05) is 89.0 Å². The first-order valence-electron chi connectivity index (χ1n) is 48.6. The van der Waals surface area contributed by atoms with E-state index in [0.29, 0.717) is 68.1 Å². The summed E-state index contributed by atoms with van der Waals surface area (Å²) in [4.78, 5) is 143. The third-order valence-corrected chi connectivity index (χ3v) is 31.1. The van der Waals surface area contributed by atoms with Crippen molar-refractivity contribution >= 4 is 71.6 Å². The summed E-state index contributed by atoms with van der Waals surface area (Å²) in [5, 5.41) is 0. The predicted molar refractivity (Wildman–Crippen MR) is 477 cm³/mol. The van der Waals surface area contributed by atoms with Gasteiger partial charge in [-0.05, 0) is 375 Å². The molecule has 0 spiro atoms. The molecule has 0 unspecified atom stereocenters. The lowest BCUT2D eigenvalue weighted by Crippen LogP contribution is -2.62. The number of carbonyl (C=O) groups excluding carboxylic acids is 12. The van der Waals surface area contributed by atoms with E-state index in [0.717, 1.165) is 146 Å². The van der Waals surface area contributed by atoms with Gasteiger partial charge in [0, 0.05) is 0 Å². The Hall–Kier alpha value is -6.36. The predicted octanol–water partition coefficient (Wildman–Crippen LogP) is 21.4. The number of hydrogen-bond acceptors (Lipinski definition) is 24. The first-order chi connectivity index (χ1) is 58.3. The van der Waals surface area contributed by atoms with E-state index in [2.05, 4.69) is 20.8 Å². The van der Waals surface area contributed by atoms with Crippen LogP contribution >= 0.6 is 0 Å². The van der Waals surface area contributed by atoms with Crippen LogP contribution in [0.25, 0.3) is 0 Å². The molecule has 0 atom stereocenters. The molecule has 0 aromatic carbocycles. The van der Waals surface area contributed by atoms with E-state index in [1.165, 1.54) is 77.0 Å². The molecule has 12 rings (SSSR count). The highest BCUT2D eigenvalue weighted by atomic mass is 16.6. The minimum absolute atomic E-state index is 0.254. The Balaban J connectivity index is 0.000000268. The molecule has 12 aliphatic carbocycles. The van der Waals surface area contributed by atoms with Crippen LogP contribution in [0.1, 0.15) is 411 Å². The fourth-order valence-electron chi connectivity index (χ4n) is 20.2. The summed E-state index contributed by atoms with van der Waals surface area (Å²) in [5.74, 6) is 1.11.